The van der Waals surface area contributed by atoms with Crippen LogP contribution >= 0.6 is 0 Å². The largest absolute Gasteiger partial charge is 0.416 e. The molecule has 1 atom stereocenters. The number of likely N-dealkylation sites (tertiary alicyclic amines) is 1. The number of alkyl halides is 3. The summed E-state index contributed by atoms with van der Waals surface area (Å²) >= 11 is 0. The molecule has 1 unspecified atom stereocenters. The minimum absolute atomic E-state index is 0.0948. The summed E-state index contributed by atoms with van der Waals surface area (Å²) in [6.45, 7) is 3.81. The fraction of sp³-hybridized carbons (Fsp3) is 0.333. The molecule has 4 nitrogen and oxygen atoms in total. The predicted octanol–water partition coefficient (Wildman–Crippen LogP) is 2.47. The van der Waals surface area contributed by atoms with Crippen molar-refractivity contribution in [3.63, 3.8) is 0 Å². The molecule has 0 spiro atoms. The van der Waals surface area contributed by atoms with Crippen molar-refractivity contribution in [3.8, 4) is 0 Å². The van der Waals surface area contributed by atoms with Gasteiger partial charge in [-0.3, -0.25) is 4.79 Å². The summed E-state index contributed by atoms with van der Waals surface area (Å²) in [6, 6.07) is 4.63. The second-order valence-electron chi connectivity index (χ2n) is 5.19. The van der Waals surface area contributed by atoms with E-state index in [-0.39, 0.29) is 18.1 Å². The summed E-state index contributed by atoms with van der Waals surface area (Å²) in [4.78, 5) is 24.4. The van der Waals surface area contributed by atoms with Gasteiger partial charge in [-0.1, -0.05) is 12.6 Å². The van der Waals surface area contributed by atoms with Gasteiger partial charge in [0.25, 0.3) is 0 Å². The molecule has 1 amide bonds. The van der Waals surface area contributed by atoms with Gasteiger partial charge >= 0.3 is 6.18 Å². The number of anilines is 1. The van der Waals surface area contributed by atoms with Crippen LogP contribution in [-0.4, -0.2) is 35.7 Å². The molecule has 1 aromatic rings. The minimum atomic E-state index is -4.45. The van der Waals surface area contributed by atoms with E-state index in [0.717, 1.165) is 18.2 Å². The number of nitrogens with one attached hydrogen (secondary N) is 1. The van der Waals surface area contributed by atoms with Gasteiger partial charge in [-0.2, -0.15) is 13.2 Å². The molecule has 1 aromatic carbocycles. The number of amides is 1. The molecule has 7 heteroatoms. The Morgan fingerprint density at radius 2 is 2.14 bits per heavy atom. The molecular weight excluding hydrogens is 297 g/mol. The number of nitrogens with zero attached hydrogens (tertiary/aromatic N) is 1. The SMILES string of the molecule is C=CC(=O)N1CCC(C=O)(Nc2cccc(C(F)(F)F)c2)C1. The van der Waals surface area contributed by atoms with Gasteiger partial charge in [0, 0.05) is 12.2 Å². The molecule has 2 rings (SSSR count). The third kappa shape index (κ3) is 3.29. The Hall–Kier alpha value is -2.31. The van der Waals surface area contributed by atoms with E-state index in [2.05, 4.69) is 11.9 Å². The van der Waals surface area contributed by atoms with E-state index < -0.39 is 17.3 Å². The standard InChI is InChI=1S/C15H15F3N2O2/c1-2-13(22)20-7-6-14(9-20,10-21)19-12-5-3-4-11(8-12)15(16,17)18/h2-5,8,10,19H,1,6-7,9H2. The lowest BCUT2D eigenvalue weighted by molar-refractivity contribution is -0.137. The van der Waals surface area contributed by atoms with Crippen molar-refractivity contribution < 1.29 is 22.8 Å². The highest BCUT2D eigenvalue weighted by molar-refractivity contribution is 5.88. The van der Waals surface area contributed by atoms with Gasteiger partial charge < -0.3 is 15.0 Å². The first-order valence-corrected chi connectivity index (χ1v) is 6.63. The number of aldehydes is 1. The molecule has 0 radical (unpaired) electrons. The zero-order valence-corrected chi connectivity index (χ0v) is 11.7. The first-order chi connectivity index (χ1) is 10.3. The van der Waals surface area contributed by atoms with Gasteiger partial charge in [0.2, 0.25) is 5.91 Å². The lowest BCUT2D eigenvalue weighted by atomic mass is 10.00. The van der Waals surface area contributed by atoms with Crippen molar-refractivity contribution in [2.45, 2.75) is 18.1 Å². The van der Waals surface area contributed by atoms with E-state index in [0.29, 0.717) is 19.3 Å². The van der Waals surface area contributed by atoms with E-state index in [1.165, 1.54) is 17.0 Å². The highest BCUT2D eigenvalue weighted by atomic mass is 19.4. The topological polar surface area (TPSA) is 49.4 Å². The van der Waals surface area contributed by atoms with Crippen LogP contribution in [0.3, 0.4) is 0 Å². The van der Waals surface area contributed by atoms with E-state index in [4.69, 9.17) is 0 Å². The Balaban J connectivity index is 2.20. The molecule has 1 N–H and O–H groups in total. The van der Waals surface area contributed by atoms with Crippen LogP contribution in [-0.2, 0) is 15.8 Å². The van der Waals surface area contributed by atoms with Crippen molar-refractivity contribution in [3.05, 3.63) is 42.5 Å². The van der Waals surface area contributed by atoms with Gasteiger partial charge in [0.15, 0.2) is 0 Å². The average molecular weight is 312 g/mol. The molecule has 0 bridgehead atoms. The highest BCUT2D eigenvalue weighted by Gasteiger charge is 2.40. The molecule has 1 aliphatic heterocycles. The summed E-state index contributed by atoms with van der Waals surface area (Å²) < 4.78 is 38.1. The number of halogens is 3. The van der Waals surface area contributed by atoms with E-state index in [1.807, 2.05) is 0 Å². The number of carbonyl (C=O) groups excluding carboxylic acids is 2. The summed E-state index contributed by atoms with van der Waals surface area (Å²) in [6.07, 6.45) is -2.34. The first kappa shape index (κ1) is 16.1. The van der Waals surface area contributed by atoms with Crippen molar-refractivity contribution in [1.82, 2.24) is 4.90 Å². The molecule has 0 aromatic heterocycles. The number of benzene rings is 1. The smallest absolute Gasteiger partial charge is 0.372 e. The lowest BCUT2D eigenvalue weighted by Crippen LogP contribution is -2.43. The monoisotopic (exact) mass is 312 g/mol. The fourth-order valence-corrected chi connectivity index (χ4v) is 2.44. The zero-order chi connectivity index (χ0) is 16.4. The fourth-order valence-electron chi connectivity index (χ4n) is 2.44. The van der Waals surface area contributed by atoms with E-state index in [1.54, 1.807) is 0 Å². The molecule has 1 aliphatic rings. The number of hydrogen-bond acceptors (Lipinski definition) is 3. The Bertz CT molecular complexity index is 601. The molecule has 22 heavy (non-hydrogen) atoms. The summed E-state index contributed by atoms with van der Waals surface area (Å²) in [5.74, 6) is -0.311. The van der Waals surface area contributed by atoms with Gasteiger partial charge in [-0.25, -0.2) is 0 Å². The third-order valence-corrected chi connectivity index (χ3v) is 3.60. The Morgan fingerprint density at radius 1 is 1.41 bits per heavy atom. The molecule has 1 fully saturated rings. The van der Waals surface area contributed by atoms with Gasteiger partial charge in [-0.05, 0) is 30.7 Å². The molecule has 118 valence electrons. The van der Waals surface area contributed by atoms with Crippen LogP contribution in [0.1, 0.15) is 12.0 Å². The first-order valence-electron chi connectivity index (χ1n) is 6.63. The Kier molecular flexibility index (Phi) is 4.25. The molecule has 0 aliphatic carbocycles. The van der Waals surface area contributed by atoms with Crippen LogP contribution in [0, 0.1) is 0 Å². The second kappa shape index (κ2) is 5.82. The van der Waals surface area contributed by atoms with Crippen molar-refractivity contribution in [2.75, 3.05) is 18.4 Å². The maximum atomic E-state index is 12.7. The van der Waals surface area contributed by atoms with Crippen LogP contribution in [0.15, 0.2) is 36.9 Å². The van der Waals surface area contributed by atoms with E-state index in [9.17, 15) is 22.8 Å². The van der Waals surface area contributed by atoms with Crippen LogP contribution < -0.4 is 5.32 Å². The van der Waals surface area contributed by atoms with Crippen LogP contribution in [0.25, 0.3) is 0 Å². The molecule has 0 saturated carbocycles. The molecule has 1 heterocycles. The maximum Gasteiger partial charge on any atom is 0.416 e. The minimum Gasteiger partial charge on any atom is -0.372 e. The number of hydrogen-bond donors (Lipinski definition) is 1. The van der Waals surface area contributed by atoms with Crippen molar-refractivity contribution in [1.29, 1.82) is 0 Å². The quantitative estimate of drug-likeness (QED) is 0.686. The second-order valence-corrected chi connectivity index (χ2v) is 5.19. The summed E-state index contributed by atoms with van der Waals surface area (Å²) in [7, 11) is 0. The average Bonchev–Trinajstić information content (AvgIpc) is 2.90. The normalized spacial score (nSPS) is 21.5. The highest BCUT2D eigenvalue weighted by Crippen LogP contribution is 2.32. The lowest BCUT2D eigenvalue weighted by Gasteiger charge is -2.26. The van der Waals surface area contributed by atoms with Gasteiger partial charge in [0.05, 0.1) is 12.1 Å². The maximum absolute atomic E-state index is 12.7. The molecular formula is C15H15F3N2O2. The summed E-state index contributed by atoms with van der Waals surface area (Å²) in [5, 5.41) is 2.83. The zero-order valence-electron chi connectivity index (χ0n) is 11.7. The number of rotatable bonds is 4. The Labute approximate surface area is 125 Å². The van der Waals surface area contributed by atoms with E-state index >= 15 is 0 Å². The van der Waals surface area contributed by atoms with Crippen molar-refractivity contribution >= 4 is 17.9 Å². The predicted molar refractivity (Wildman–Crippen MR) is 75.3 cm³/mol. The third-order valence-electron chi connectivity index (χ3n) is 3.60. The molecule has 1 saturated heterocycles. The number of carbonyl (C=O) groups is 2. The summed E-state index contributed by atoms with van der Waals surface area (Å²) in [5.41, 5.74) is -1.69. The van der Waals surface area contributed by atoms with Gasteiger partial charge in [-0.15, -0.1) is 0 Å². The Morgan fingerprint density at radius 3 is 2.73 bits per heavy atom. The van der Waals surface area contributed by atoms with Crippen LogP contribution in [0.4, 0.5) is 18.9 Å². The van der Waals surface area contributed by atoms with Gasteiger partial charge in [0.1, 0.15) is 11.8 Å². The van der Waals surface area contributed by atoms with Crippen molar-refractivity contribution in [2.24, 2.45) is 0 Å². The van der Waals surface area contributed by atoms with Crippen LogP contribution in [0.2, 0.25) is 0 Å². The van der Waals surface area contributed by atoms with Crippen LogP contribution in [0.5, 0.6) is 0 Å².